The first kappa shape index (κ1) is 14.9. The topological polar surface area (TPSA) is 66.9 Å². The number of halogens is 2. The number of hydrogen-bond donors (Lipinski definition) is 0. The lowest BCUT2D eigenvalue weighted by atomic mass is 9.92. The zero-order valence-electron chi connectivity index (χ0n) is 10.8. The van der Waals surface area contributed by atoms with E-state index in [4.69, 9.17) is 11.6 Å². The number of hydrogen-bond acceptors (Lipinski definition) is 3. The molecule has 0 aliphatic heterocycles. The molecule has 2 rings (SSSR count). The molecule has 0 N–H and O–H groups in total. The van der Waals surface area contributed by atoms with Crippen LogP contribution in [-0.4, -0.2) is 4.92 Å². The van der Waals surface area contributed by atoms with E-state index in [2.05, 4.69) is 0 Å². The first-order valence-corrected chi connectivity index (χ1v) is 6.47. The molecule has 0 aromatic heterocycles. The second-order valence-electron chi connectivity index (χ2n) is 4.44. The van der Waals surface area contributed by atoms with Gasteiger partial charge in [0.25, 0.3) is 5.69 Å². The van der Waals surface area contributed by atoms with Crippen molar-refractivity contribution >= 4 is 17.3 Å². The zero-order valence-corrected chi connectivity index (χ0v) is 11.5. The Kier molecular flexibility index (Phi) is 4.51. The summed E-state index contributed by atoms with van der Waals surface area (Å²) in [5, 5.41) is 20.0. The maximum Gasteiger partial charge on any atom is 0.269 e. The zero-order chi connectivity index (χ0) is 15.4. The van der Waals surface area contributed by atoms with Crippen molar-refractivity contribution in [2.45, 2.75) is 12.3 Å². The molecule has 1 atom stereocenters. The Morgan fingerprint density at radius 1 is 1.29 bits per heavy atom. The van der Waals surface area contributed by atoms with Crippen LogP contribution in [0.5, 0.6) is 0 Å². The molecule has 106 valence electrons. The molecule has 21 heavy (non-hydrogen) atoms. The molecule has 0 bridgehead atoms. The van der Waals surface area contributed by atoms with Crippen LogP contribution in [0.2, 0.25) is 5.02 Å². The Balaban J connectivity index is 2.28. The fourth-order valence-electron chi connectivity index (χ4n) is 2.05. The second-order valence-corrected chi connectivity index (χ2v) is 4.85. The molecule has 4 nitrogen and oxygen atoms in total. The maximum absolute atomic E-state index is 13.8. The normalized spacial score (nSPS) is 11.7. The van der Waals surface area contributed by atoms with Crippen molar-refractivity contribution in [3.63, 3.8) is 0 Å². The average Bonchev–Trinajstić information content (AvgIpc) is 2.46. The van der Waals surface area contributed by atoms with E-state index >= 15 is 0 Å². The highest BCUT2D eigenvalue weighted by Crippen LogP contribution is 2.30. The molecule has 0 radical (unpaired) electrons. The average molecular weight is 305 g/mol. The molecule has 0 amide bonds. The van der Waals surface area contributed by atoms with Crippen LogP contribution in [0.3, 0.4) is 0 Å². The molecule has 0 saturated heterocycles. The van der Waals surface area contributed by atoms with Gasteiger partial charge in [-0.2, -0.15) is 5.26 Å². The highest BCUT2D eigenvalue weighted by atomic mass is 35.5. The number of rotatable bonds is 4. The van der Waals surface area contributed by atoms with E-state index in [1.807, 2.05) is 6.07 Å². The third kappa shape index (κ3) is 3.36. The fraction of sp³-hybridized carbons (Fsp3) is 0.133. The third-order valence-electron chi connectivity index (χ3n) is 3.09. The van der Waals surface area contributed by atoms with Crippen LogP contribution < -0.4 is 0 Å². The monoisotopic (exact) mass is 304 g/mol. The van der Waals surface area contributed by atoms with Gasteiger partial charge in [0.05, 0.1) is 16.9 Å². The van der Waals surface area contributed by atoms with Crippen molar-refractivity contribution in [1.29, 1.82) is 5.26 Å². The standard InChI is InChI=1S/C15H10ClFN2O2/c16-13-2-1-3-14(17)15(13)11(9-18)8-10-4-6-12(7-5-10)19(20)21/h1-7,11H,8H2. The van der Waals surface area contributed by atoms with E-state index in [0.29, 0.717) is 5.56 Å². The van der Waals surface area contributed by atoms with E-state index < -0.39 is 16.7 Å². The van der Waals surface area contributed by atoms with Gasteiger partial charge in [0.2, 0.25) is 0 Å². The van der Waals surface area contributed by atoms with Gasteiger partial charge in [0.1, 0.15) is 5.82 Å². The highest BCUT2D eigenvalue weighted by molar-refractivity contribution is 6.31. The Labute approximate surface area is 125 Å². The number of nitro groups is 1. The lowest BCUT2D eigenvalue weighted by molar-refractivity contribution is -0.384. The van der Waals surface area contributed by atoms with E-state index in [0.717, 1.165) is 0 Å². The van der Waals surface area contributed by atoms with Crippen LogP contribution in [0.4, 0.5) is 10.1 Å². The number of nitro benzene ring substituents is 1. The first-order valence-electron chi connectivity index (χ1n) is 6.09. The lowest BCUT2D eigenvalue weighted by Gasteiger charge is -2.12. The molecule has 2 aromatic carbocycles. The van der Waals surface area contributed by atoms with Crippen LogP contribution in [0.1, 0.15) is 17.0 Å². The number of non-ortho nitro benzene ring substituents is 1. The van der Waals surface area contributed by atoms with Crippen LogP contribution in [-0.2, 0) is 6.42 Å². The van der Waals surface area contributed by atoms with Gasteiger partial charge >= 0.3 is 0 Å². The molecule has 0 aliphatic carbocycles. The van der Waals surface area contributed by atoms with Crippen molar-refractivity contribution in [2.75, 3.05) is 0 Å². The molecule has 0 spiro atoms. The summed E-state index contributed by atoms with van der Waals surface area (Å²) < 4.78 is 13.8. The summed E-state index contributed by atoms with van der Waals surface area (Å²) in [6.45, 7) is 0. The highest BCUT2D eigenvalue weighted by Gasteiger charge is 2.19. The molecule has 0 heterocycles. The molecule has 0 aliphatic rings. The number of nitrogens with zero attached hydrogens (tertiary/aromatic N) is 2. The Morgan fingerprint density at radius 3 is 2.48 bits per heavy atom. The molecule has 6 heteroatoms. The van der Waals surface area contributed by atoms with Gasteiger partial charge < -0.3 is 0 Å². The lowest BCUT2D eigenvalue weighted by Crippen LogP contribution is -2.04. The quantitative estimate of drug-likeness (QED) is 0.627. The van der Waals surface area contributed by atoms with Gasteiger partial charge in [-0.1, -0.05) is 29.8 Å². The SMILES string of the molecule is N#CC(Cc1ccc([N+](=O)[O-])cc1)c1c(F)cccc1Cl. The number of benzene rings is 2. The van der Waals surface area contributed by atoms with E-state index in [-0.39, 0.29) is 22.7 Å². The molecular formula is C15H10ClFN2O2. The van der Waals surface area contributed by atoms with Crippen molar-refractivity contribution in [1.82, 2.24) is 0 Å². The maximum atomic E-state index is 13.8. The predicted molar refractivity (Wildman–Crippen MR) is 76.6 cm³/mol. The molecule has 0 fully saturated rings. The van der Waals surface area contributed by atoms with Crippen LogP contribution in [0.25, 0.3) is 0 Å². The fourth-order valence-corrected chi connectivity index (χ4v) is 2.34. The van der Waals surface area contributed by atoms with Gasteiger partial charge in [0.15, 0.2) is 0 Å². The molecule has 1 unspecified atom stereocenters. The van der Waals surface area contributed by atoms with Crippen LogP contribution >= 0.6 is 11.6 Å². The van der Waals surface area contributed by atoms with Gasteiger partial charge in [0, 0.05) is 22.7 Å². The van der Waals surface area contributed by atoms with Gasteiger partial charge in [-0.15, -0.1) is 0 Å². The largest absolute Gasteiger partial charge is 0.269 e. The van der Waals surface area contributed by atoms with Crippen molar-refractivity contribution in [3.05, 3.63) is 74.5 Å². The van der Waals surface area contributed by atoms with Crippen LogP contribution in [0, 0.1) is 27.3 Å². The summed E-state index contributed by atoms with van der Waals surface area (Å²) in [5.74, 6) is -1.28. The van der Waals surface area contributed by atoms with Crippen LogP contribution in [0.15, 0.2) is 42.5 Å². The van der Waals surface area contributed by atoms with E-state index in [9.17, 15) is 19.8 Å². The summed E-state index contributed by atoms with van der Waals surface area (Å²) in [7, 11) is 0. The summed E-state index contributed by atoms with van der Waals surface area (Å²) in [6, 6.07) is 12.1. The van der Waals surface area contributed by atoms with Crippen molar-refractivity contribution in [2.24, 2.45) is 0 Å². The van der Waals surface area contributed by atoms with Gasteiger partial charge in [-0.3, -0.25) is 10.1 Å². The minimum atomic E-state index is -0.750. The minimum Gasteiger partial charge on any atom is -0.258 e. The summed E-state index contributed by atoms with van der Waals surface area (Å²) in [6.07, 6.45) is 0.231. The smallest absolute Gasteiger partial charge is 0.258 e. The van der Waals surface area contributed by atoms with Crippen molar-refractivity contribution < 1.29 is 9.31 Å². The summed E-state index contributed by atoms with van der Waals surface area (Å²) in [5.41, 5.74) is 0.822. The van der Waals surface area contributed by atoms with Crippen molar-refractivity contribution in [3.8, 4) is 6.07 Å². The molecule has 0 saturated carbocycles. The predicted octanol–water partition coefficient (Wildman–Crippen LogP) is 4.24. The summed E-state index contributed by atoms with van der Waals surface area (Å²) in [4.78, 5) is 10.1. The summed E-state index contributed by atoms with van der Waals surface area (Å²) >= 11 is 5.96. The molecule has 2 aromatic rings. The van der Waals surface area contributed by atoms with E-state index in [1.54, 1.807) is 12.1 Å². The van der Waals surface area contributed by atoms with E-state index in [1.165, 1.54) is 30.3 Å². The van der Waals surface area contributed by atoms with Gasteiger partial charge in [-0.05, 0) is 24.1 Å². The Morgan fingerprint density at radius 2 is 1.95 bits per heavy atom. The minimum absolute atomic E-state index is 0.0313. The van der Waals surface area contributed by atoms with Gasteiger partial charge in [-0.25, -0.2) is 4.39 Å². The Bertz CT molecular complexity index is 690. The Hall–Kier alpha value is -2.45. The first-order chi connectivity index (χ1) is 10.0. The third-order valence-corrected chi connectivity index (χ3v) is 3.42. The second kappa shape index (κ2) is 6.33. The number of nitriles is 1. The molecular weight excluding hydrogens is 295 g/mol.